The first-order chi connectivity index (χ1) is 14.1. The normalized spacial score (nSPS) is 18.8. The quantitative estimate of drug-likeness (QED) is 0.842. The lowest BCUT2D eigenvalue weighted by molar-refractivity contribution is -0.116. The topological polar surface area (TPSA) is 85.3 Å². The second-order valence-electron chi connectivity index (χ2n) is 7.39. The number of nitrogens with two attached hydrogens (primary N) is 1. The molecule has 0 spiro atoms. The summed E-state index contributed by atoms with van der Waals surface area (Å²) >= 11 is 0. The molecule has 5 nitrogen and oxygen atoms in total. The van der Waals surface area contributed by atoms with Gasteiger partial charge < -0.3 is 15.2 Å². The number of benzene rings is 2. The second kappa shape index (κ2) is 7.84. The van der Waals surface area contributed by atoms with Crippen molar-refractivity contribution in [3.05, 3.63) is 88.0 Å². The molecule has 2 N–H and O–H groups in total. The van der Waals surface area contributed by atoms with Crippen LogP contribution in [0.15, 0.2) is 71.3 Å². The van der Waals surface area contributed by atoms with Gasteiger partial charge in [0.15, 0.2) is 5.78 Å². The molecular formula is C24H22N2O3. The molecule has 2 aromatic carbocycles. The van der Waals surface area contributed by atoms with Crippen molar-refractivity contribution in [1.29, 1.82) is 5.26 Å². The van der Waals surface area contributed by atoms with Crippen molar-refractivity contribution >= 4 is 5.78 Å². The zero-order valence-electron chi connectivity index (χ0n) is 16.3. The molecule has 4 rings (SSSR count). The summed E-state index contributed by atoms with van der Waals surface area (Å²) in [5.41, 5.74) is 9.96. The molecule has 0 radical (unpaired) electrons. The number of carbonyl (C=O) groups excluding carboxylic acids is 1. The van der Waals surface area contributed by atoms with E-state index in [2.05, 4.69) is 12.1 Å². The van der Waals surface area contributed by atoms with Crippen LogP contribution in [0.1, 0.15) is 41.9 Å². The highest BCUT2D eigenvalue weighted by Crippen LogP contribution is 2.43. The van der Waals surface area contributed by atoms with E-state index in [1.54, 1.807) is 0 Å². The van der Waals surface area contributed by atoms with Gasteiger partial charge in [-0.05, 0) is 36.6 Å². The van der Waals surface area contributed by atoms with E-state index in [0.717, 1.165) is 23.3 Å². The van der Waals surface area contributed by atoms with Crippen LogP contribution in [0.5, 0.6) is 5.75 Å². The zero-order chi connectivity index (χ0) is 20.4. The number of ether oxygens (including phenoxy) is 2. The Morgan fingerprint density at radius 2 is 2.00 bits per heavy atom. The first-order valence-corrected chi connectivity index (χ1v) is 9.69. The highest BCUT2D eigenvalue weighted by molar-refractivity contribution is 5.99. The summed E-state index contributed by atoms with van der Waals surface area (Å²) in [6.45, 7) is 2.52. The number of carbonyl (C=O) groups is 1. The van der Waals surface area contributed by atoms with Gasteiger partial charge >= 0.3 is 0 Å². The van der Waals surface area contributed by atoms with Crippen molar-refractivity contribution < 1.29 is 14.3 Å². The fraction of sp³-hybridized carbons (Fsp3) is 0.250. The molecule has 1 aliphatic carbocycles. The molecule has 0 saturated carbocycles. The van der Waals surface area contributed by atoms with Gasteiger partial charge in [-0.2, -0.15) is 5.26 Å². The van der Waals surface area contributed by atoms with Gasteiger partial charge in [0.25, 0.3) is 0 Å². The van der Waals surface area contributed by atoms with Gasteiger partial charge in [0.2, 0.25) is 5.88 Å². The predicted octanol–water partition coefficient (Wildman–Crippen LogP) is 4.39. The molecule has 0 aromatic heterocycles. The number of nitriles is 1. The van der Waals surface area contributed by atoms with E-state index < -0.39 is 5.92 Å². The van der Waals surface area contributed by atoms with Gasteiger partial charge in [0.05, 0.1) is 5.92 Å². The van der Waals surface area contributed by atoms with Crippen molar-refractivity contribution in [3.63, 3.8) is 0 Å². The minimum Gasteiger partial charge on any atom is -0.489 e. The Morgan fingerprint density at radius 1 is 1.21 bits per heavy atom. The third kappa shape index (κ3) is 3.74. The van der Waals surface area contributed by atoms with Crippen LogP contribution in [0.3, 0.4) is 0 Å². The fourth-order valence-corrected chi connectivity index (χ4v) is 3.91. The van der Waals surface area contributed by atoms with Crippen LogP contribution < -0.4 is 10.5 Å². The van der Waals surface area contributed by atoms with Crippen LogP contribution in [-0.4, -0.2) is 5.78 Å². The lowest BCUT2D eigenvalue weighted by Crippen LogP contribution is -2.27. The minimum atomic E-state index is -0.484. The maximum atomic E-state index is 12.6. The SMILES string of the molecule is Cc1cccc(COc2ccc([C@H]3C(C#N)=C(N)OC4=C3C(=O)CCC4)cc2)c1. The van der Waals surface area contributed by atoms with Gasteiger partial charge in [-0.3, -0.25) is 4.79 Å². The van der Waals surface area contributed by atoms with Crippen LogP contribution in [0.2, 0.25) is 0 Å². The average molecular weight is 386 g/mol. The Labute approximate surface area is 170 Å². The van der Waals surface area contributed by atoms with Crippen molar-refractivity contribution in [3.8, 4) is 11.8 Å². The average Bonchev–Trinajstić information content (AvgIpc) is 2.72. The standard InChI is InChI=1S/C24H22N2O3/c1-15-4-2-5-16(12-15)14-28-18-10-8-17(9-11-18)22-19(13-25)24(26)29-21-7-3-6-20(27)23(21)22/h2,4-5,8-12,22H,3,6-7,14,26H2,1H3/t22-/m0/s1. The number of allylic oxidation sites excluding steroid dienone is 3. The van der Waals surface area contributed by atoms with E-state index in [1.165, 1.54) is 5.56 Å². The fourth-order valence-electron chi connectivity index (χ4n) is 3.91. The molecule has 1 aliphatic heterocycles. The molecule has 0 fully saturated rings. The van der Waals surface area contributed by atoms with Crippen LogP contribution in [0.25, 0.3) is 0 Å². The van der Waals surface area contributed by atoms with Gasteiger partial charge in [0, 0.05) is 18.4 Å². The summed E-state index contributed by atoms with van der Waals surface area (Å²) in [6.07, 6.45) is 1.87. The highest BCUT2D eigenvalue weighted by Gasteiger charge is 2.37. The molecule has 2 aliphatic rings. The molecule has 0 unspecified atom stereocenters. The first-order valence-electron chi connectivity index (χ1n) is 9.69. The van der Waals surface area contributed by atoms with Crippen LogP contribution in [0.4, 0.5) is 0 Å². The molecule has 2 aromatic rings. The van der Waals surface area contributed by atoms with E-state index in [-0.39, 0.29) is 17.2 Å². The van der Waals surface area contributed by atoms with E-state index in [0.29, 0.717) is 30.8 Å². The Kier molecular flexibility index (Phi) is 5.09. The van der Waals surface area contributed by atoms with Crippen LogP contribution in [-0.2, 0) is 16.1 Å². The number of Topliss-reactive ketones (excluding diaryl/α,β-unsaturated/α-hetero) is 1. The van der Waals surface area contributed by atoms with Gasteiger partial charge in [-0.1, -0.05) is 42.0 Å². The molecular weight excluding hydrogens is 364 g/mol. The zero-order valence-corrected chi connectivity index (χ0v) is 16.3. The first kappa shape index (κ1) is 18.8. The Hall–Kier alpha value is -3.52. The summed E-state index contributed by atoms with van der Waals surface area (Å²) < 4.78 is 11.5. The molecule has 29 heavy (non-hydrogen) atoms. The summed E-state index contributed by atoms with van der Waals surface area (Å²) in [7, 11) is 0. The molecule has 0 amide bonds. The van der Waals surface area contributed by atoms with E-state index in [9.17, 15) is 10.1 Å². The van der Waals surface area contributed by atoms with Gasteiger partial charge in [-0.25, -0.2) is 0 Å². The van der Waals surface area contributed by atoms with Gasteiger partial charge in [0.1, 0.15) is 29.8 Å². The molecule has 0 bridgehead atoms. The number of ketones is 1. The predicted molar refractivity (Wildman–Crippen MR) is 108 cm³/mol. The summed E-state index contributed by atoms with van der Waals surface area (Å²) in [5.74, 6) is 0.953. The smallest absolute Gasteiger partial charge is 0.205 e. The third-order valence-corrected chi connectivity index (χ3v) is 5.31. The van der Waals surface area contributed by atoms with Crippen LogP contribution >= 0.6 is 0 Å². The Balaban J connectivity index is 1.59. The monoisotopic (exact) mass is 386 g/mol. The van der Waals surface area contributed by atoms with E-state index >= 15 is 0 Å². The van der Waals surface area contributed by atoms with E-state index in [4.69, 9.17) is 15.2 Å². The number of rotatable bonds is 4. The Bertz CT molecular complexity index is 1060. The largest absolute Gasteiger partial charge is 0.489 e. The highest BCUT2D eigenvalue weighted by atomic mass is 16.5. The Morgan fingerprint density at radius 3 is 2.72 bits per heavy atom. The molecule has 5 heteroatoms. The number of aryl methyl sites for hydroxylation is 1. The van der Waals surface area contributed by atoms with Crippen molar-refractivity contribution in [2.24, 2.45) is 5.73 Å². The summed E-state index contributed by atoms with van der Waals surface area (Å²) in [4.78, 5) is 12.6. The second-order valence-corrected chi connectivity index (χ2v) is 7.39. The minimum absolute atomic E-state index is 0.0243. The number of hydrogen-bond acceptors (Lipinski definition) is 5. The van der Waals surface area contributed by atoms with Gasteiger partial charge in [-0.15, -0.1) is 0 Å². The lowest BCUT2D eigenvalue weighted by Gasteiger charge is -2.31. The van der Waals surface area contributed by atoms with Crippen molar-refractivity contribution in [2.75, 3.05) is 0 Å². The van der Waals surface area contributed by atoms with Crippen molar-refractivity contribution in [2.45, 2.75) is 38.7 Å². The molecule has 1 atom stereocenters. The molecule has 1 heterocycles. The maximum absolute atomic E-state index is 12.6. The van der Waals surface area contributed by atoms with Crippen LogP contribution in [0, 0.1) is 18.3 Å². The van der Waals surface area contributed by atoms with Crippen molar-refractivity contribution in [1.82, 2.24) is 0 Å². The summed E-state index contributed by atoms with van der Waals surface area (Å²) in [6, 6.07) is 17.8. The molecule has 0 saturated heterocycles. The lowest BCUT2D eigenvalue weighted by atomic mass is 9.77. The summed E-state index contributed by atoms with van der Waals surface area (Å²) in [5, 5.41) is 9.63. The third-order valence-electron chi connectivity index (χ3n) is 5.31. The molecule has 146 valence electrons. The number of nitrogens with zero attached hydrogens (tertiary/aromatic N) is 1. The number of hydrogen-bond donors (Lipinski definition) is 1. The van der Waals surface area contributed by atoms with E-state index in [1.807, 2.05) is 49.4 Å². The maximum Gasteiger partial charge on any atom is 0.205 e.